The van der Waals surface area contributed by atoms with E-state index in [0.717, 1.165) is 11.4 Å². The summed E-state index contributed by atoms with van der Waals surface area (Å²) in [5, 5.41) is 0.438. The highest BCUT2D eigenvalue weighted by Gasteiger charge is 2.06. The van der Waals surface area contributed by atoms with Crippen LogP contribution in [0.2, 0.25) is 5.02 Å². The van der Waals surface area contributed by atoms with Gasteiger partial charge in [-0.05, 0) is 38.1 Å². The number of rotatable bonds is 2. The molecule has 2 rings (SSSR count). The van der Waals surface area contributed by atoms with E-state index in [4.69, 9.17) is 22.1 Å². The molecule has 0 atom stereocenters. The van der Waals surface area contributed by atoms with Gasteiger partial charge in [0.15, 0.2) is 0 Å². The zero-order chi connectivity index (χ0) is 12.4. The highest BCUT2D eigenvalue weighted by molar-refractivity contribution is 6.32. The zero-order valence-electron chi connectivity index (χ0n) is 9.57. The lowest BCUT2D eigenvalue weighted by Crippen LogP contribution is -1.96. The zero-order valence-corrected chi connectivity index (χ0v) is 10.3. The van der Waals surface area contributed by atoms with Gasteiger partial charge in [0.25, 0.3) is 0 Å². The van der Waals surface area contributed by atoms with Gasteiger partial charge < -0.3 is 10.5 Å². The van der Waals surface area contributed by atoms with E-state index >= 15 is 0 Å². The van der Waals surface area contributed by atoms with Crippen molar-refractivity contribution in [2.45, 2.75) is 13.8 Å². The molecule has 1 aromatic heterocycles. The number of hydrogen-bond acceptors (Lipinski definition) is 4. The molecule has 2 aromatic rings. The Kier molecular flexibility index (Phi) is 3.15. The SMILES string of the molecule is Cc1cc(C)nc(Oc2ccc(N)cc2Cl)n1. The maximum absolute atomic E-state index is 6.00. The molecule has 0 amide bonds. The minimum Gasteiger partial charge on any atom is -0.423 e. The molecule has 0 spiro atoms. The lowest BCUT2D eigenvalue weighted by molar-refractivity contribution is 0.439. The second-order valence-corrected chi connectivity index (χ2v) is 4.13. The van der Waals surface area contributed by atoms with Gasteiger partial charge in [-0.2, -0.15) is 0 Å². The summed E-state index contributed by atoms with van der Waals surface area (Å²) in [6.45, 7) is 3.76. The van der Waals surface area contributed by atoms with Crippen molar-refractivity contribution in [2.75, 3.05) is 5.73 Å². The first kappa shape index (κ1) is 11.7. The van der Waals surface area contributed by atoms with Gasteiger partial charge >= 0.3 is 6.01 Å². The molecule has 0 aliphatic rings. The van der Waals surface area contributed by atoms with E-state index in [2.05, 4.69) is 9.97 Å². The number of aryl methyl sites for hydroxylation is 2. The van der Waals surface area contributed by atoms with Gasteiger partial charge in [-0.3, -0.25) is 0 Å². The number of nitrogen functional groups attached to an aromatic ring is 1. The van der Waals surface area contributed by atoms with Crippen LogP contribution in [0, 0.1) is 13.8 Å². The van der Waals surface area contributed by atoms with Gasteiger partial charge in [-0.25, -0.2) is 9.97 Å². The smallest absolute Gasteiger partial charge is 0.322 e. The molecule has 4 nitrogen and oxygen atoms in total. The Labute approximate surface area is 104 Å². The Morgan fingerprint density at radius 3 is 2.35 bits per heavy atom. The second-order valence-electron chi connectivity index (χ2n) is 3.73. The standard InChI is InChI=1S/C12H12ClN3O/c1-7-5-8(2)16-12(15-7)17-11-4-3-9(14)6-10(11)13/h3-6H,14H2,1-2H3. The third-order valence-electron chi connectivity index (χ3n) is 2.12. The summed E-state index contributed by atoms with van der Waals surface area (Å²) in [4.78, 5) is 8.34. The van der Waals surface area contributed by atoms with Crippen LogP contribution in [0.25, 0.3) is 0 Å². The minimum absolute atomic E-state index is 0.286. The summed E-state index contributed by atoms with van der Waals surface area (Å²) in [6, 6.07) is 7.19. The Bertz CT molecular complexity index is 537. The summed E-state index contributed by atoms with van der Waals surface area (Å²) in [7, 11) is 0. The maximum Gasteiger partial charge on any atom is 0.322 e. The molecule has 0 bridgehead atoms. The van der Waals surface area contributed by atoms with E-state index in [1.165, 1.54) is 0 Å². The number of hydrogen-bond donors (Lipinski definition) is 1. The fourth-order valence-electron chi connectivity index (χ4n) is 1.44. The first-order chi connectivity index (χ1) is 8.04. The van der Waals surface area contributed by atoms with Gasteiger partial charge in [-0.1, -0.05) is 11.6 Å². The summed E-state index contributed by atoms with van der Waals surface area (Å²) in [5.74, 6) is 0.492. The number of ether oxygens (including phenoxy) is 1. The Morgan fingerprint density at radius 1 is 1.12 bits per heavy atom. The van der Waals surface area contributed by atoms with Crippen LogP contribution in [-0.4, -0.2) is 9.97 Å². The quantitative estimate of drug-likeness (QED) is 0.831. The Hall–Kier alpha value is -1.81. The number of benzene rings is 1. The van der Waals surface area contributed by atoms with E-state index < -0.39 is 0 Å². The van der Waals surface area contributed by atoms with Crippen LogP contribution in [0.5, 0.6) is 11.8 Å². The van der Waals surface area contributed by atoms with Crippen molar-refractivity contribution >= 4 is 17.3 Å². The van der Waals surface area contributed by atoms with E-state index in [9.17, 15) is 0 Å². The molecular formula is C12H12ClN3O. The van der Waals surface area contributed by atoms with Crippen molar-refractivity contribution in [3.05, 3.63) is 40.7 Å². The van der Waals surface area contributed by atoms with E-state index in [0.29, 0.717) is 16.5 Å². The van der Waals surface area contributed by atoms with Crippen molar-refractivity contribution in [2.24, 2.45) is 0 Å². The maximum atomic E-state index is 6.00. The third-order valence-corrected chi connectivity index (χ3v) is 2.41. The van der Waals surface area contributed by atoms with Crippen molar-refractivity contribution in [1.29, 1.82) is 0 Å². The van der Waals surface area contributed by atoms with Crippen LogP contribution in [-0.2, 0) is 0 Å². The normalized spacial score (nSPS) is 10.3. The van der Waals surface area contributed by atoms with Gasteiger partial charge in [0.1, 0.15) is 5.75 Å². The average Bonchev–Trinajstić information content (AvgIpc) is 2.21. The molecule has 17 heavy (non-hydrogen) atoms. The molecule has 88 valence electrons. The fraction of sp³-hybridized carbons (Fsp3) is 0.167. The summed E-state index contributed by atoms with van der Waals surface area (Å²) in [5.41, 5.74) is 7.88. The monoisotopic (exact) mass is 249 g/mol. The van der Waals surface area contributed by atoms with Crippen LogP contribution in [0.4, 0.5) is 5.69 Å². The molecule has 2 N–H and O–H groups in total. The number of anilines is 1. The molecule has 0 aliphatic carbocycles. The molecule has 0 aliphatic heterocycles. The highest BCUT2D eigenvalue weighted by atomic mass is 35.5. The van der Waals surface area contributed by atoms with Crippen molar-refractivity contribution in [3.63, 3.8) is 0 Å². The molecule has 1 aromatic carbocycles. The van der Waals surface area contributed by atoms with E-state index in [1.807, 2.05) is 19.9 Å². The molecule has 0 fully saturated rings. The third kappa shape index (κ3) is 2.85. The van der Waals surface area contributed by atoms with Crippen LogP contribution in [0.1, 0.15) is 11.4 Å². The van der Waals surface area contributed by atoms with E-state index in [1.54, 1.807) is 18.2 Å². The first-order valence-corrected chi connectivity index (χ1v) is 5.47. The summed E-state index contributed by atoms with van der Waals surface area (Å²) >= 11 is 6.00. The molecule has 0 saturated heterocycles. The van der Waals surface area contributed by atoms with E-state index in [-0.39, 0.29) is 6.01 Å². The van der Waals surface area contributed by atoms with Crippen LogP contribution in [0.3, 0.4) is 0 Å². The lowest BCUT2D eigenvalue weighted by atomic mass is 10.3. The number of halogens is 1. The molecule has 1 heterocycles. The largest absolute Gasteiger partial charge is 0.423 e. The lowest BCUT2D eigenvalue weighted by Gasteiger charge is -2.07. The highest BCUT2D eigenvalue weighted by Crippen LogP contribution is 2.29. The molecule has 0 unspecified atom stereocenters. The van der Waals surface area contributed by atoms with Crippen molar-refractivity contribution in [3.8, 4) is 11.8 Å². The molecule has 0 saturated carbocycles. The Balaban J connectivity index is 2.31. The Morgan fingerprint density at radius 2 is 1.76 bits per heavy atom. The topological polar surface area (TPSA) is 61.0 Å². The number of nitrogens with zero attached hydrogens (tertiary/aromatic N) is 2. The second kappa shape index (κ2) is 4.59. The van der Waals surface area contributed by atoms with Crippen molar-refractivity contribution in [1.82, 2.24) is 9.97 Å². The summed E-state index contributed by atoms with van der Waals surface area (Å²) < 4.78 is 5.52. The minimum atomic E-state index is 0.286. The molecular weight excluding hydrogens is 238 g/mol. The van der Waals surface area contributed by atoms with Crippen LogP contribution >= 0.6 is 11.6 Å². The fourth-order valence-corrected chi connectivity index (χ4v) is 1.66. The van der Waals surface area contributed by atoms with Gasteiger partial charge in [-0.15, -0.1) is 0 Å². The predicted octanol–water partition coefficient (Wildman–Crippen LogP) is 3.12. The predicted molar refractivity (Wildman–Crippen MR) is 67.4 cm³/mol. The average molecular weight is 250 g/mol. The number of aromatic nitrogens is 2. The van der Waals surface area contributed by atoms with Gasteiger partial charge in [0, 0.05) is 17.1 Å². The van der Waals surface area contributed by atoms with Crippen LogP contribution in [0.15, 0.2) is 24.3 Å². The molecule has 0 radical (unpaired) electrons. The summed E-state index contributed by atoms with van der Waals surface area (Å²) in [6.07, 6.45) is 0. The van der Waals surface area contributed by atoms with Crippen LogP contribution < -0.4 is 10.5 Å². The number of nitrogens with two attached hydrogens (primary N) is 1. The molecule has 5 heteroatoms. The van der Waals surface area contributed by atoms with Crippen molar-refractivity contribution < 1.29 is 4.74 Å². The van der Waals surface area contributed by atoms with Gasteiger partial charge in [0.05, 0.1) is 5.02 Å². The first-order valence-electron chi connectivity index (χ1n) is 5.10. The van der Waals surface area contributed by atoms with Gasteiger partial charge in [0.2, 0.25) is 0 Å².